The van der Waals surface area contributed by atoms with E-state index in [1.54, 1.807) is 17.1 Å². The molecule has 1 unspecified atom stereocenters. The fourth-order valence-corrected chi connectivity index (χ4v) is 2.83. The zero-order valence-corrected chi connectivity index (χ0v) is 14.7. The quantitative estimate of drug-likeness (QED) is 0.671. The maximum atomic E-state index is 12.4. The van der Waals surface area contributed by atoms with E-state index in [0.717, 1.165) is 23.4 Å². The van der Waals surface area contributed by atoms with Gasteiger partial charge in [0, 0.05) is 31.3 Å². The molecule has 2 aromatic heterocycles. The highest BCUT2D eigenvalue weighted by Crippen LogP contribution is 2.21. The second-order valence-electron chi connectivity index (χ2n) is 6.18. The van der Waals surface area contributed by atoms with Crippen LogP contribution in [0, 0.1) is 6.92 Å². The third kappa shape index (κ3) is 4.95. The summed E-state index contributed by atoms with van der Waals surface area (Å²) >= 11 is 0. The first-order valence-electron chi connectivity index (χ1n) is 8.65. The number of nitrogens with zero attached hydrogens (tertiary/aromatic N) is 5. The number of hydrogen-bond acceptors (Lipinski definition) is 5. The lowest BCUT2D eigenvalue weighted by atomic mass is 9.95. The van der Waals surface area contributed by atoms with Crippen LogP contribution >= 0.6 is 0 Å². The van der Waals surface area contributed by atoms with Crippen LogP contribution in [0.25, 0.3) is 0 Å². The van der Waals surface area contributed by atoms with E-state index >= 15 is 0 Å². The first kappa shape index (κ1) is 17.7. The summed E-state index contributed by atoms with van der Waals surface area (Å²) in [5.74, 6) is 0.780. The van der Waals surface area contributed by atoms with Gasteiger partial charge in [0.2, 0.25) is 5.91 Å². The molecule has 0 aliphatic heterocycles. The maximum absolute atomic E-state index is 12.4. The molecule has 1 amide bonds. The molecule has 1 atom stereocenters. The van der Waals surface area contributed by atoms with Gasteiger partial charge < -0.3 is 5.32 Å². The Morgan fingerprint density at radius 2 is 1.92 bits per heavy atom. The van der Waals surface area contributed by atoms with Crippen molar-refractivity contribution in [1.29, 1.82) is 0 Å². The van der Waals surface area contributed by atoms with Crippen molar-refractivity contribution in [2.24, 2.45) is 0 Å². The van der Waals surface area contributed by atoms with Gasteiger partial charge in [0.15, 0.2) is 0 Å². The molecule has 0 saturated heterocycles. The van der Waals surface area contributed by atoms with Gasteiger partial charge in [-0.2, -0.15) is 0 Å². The van der Waals surface area contributed by atoms with Crippen LogP contribution < -0.4 is 5.32 Å². The maximum Gasteiger partial charge on any atom is 0.220 e. The Labute approximate surface area is 152 Å². The molecule has 7 heteroatoms. The number of aryl methyl sites for hydroxylation is 1. The van der Waals surface area contributed by atoms with Crippen molar-refractivity contribution >= 4 is 5.91 Å². The largest absolute Gasteiger partial charge is 0.356 e. The summed E-state index contributed by atoms with van der Waals surface area (Å²) in [6.45, 7) is 3.03. The Morgan fingerprint density at radius 3 is 2.62 bits per heavy atom. The Balaban J connectivity index is 1.60. The van der Waals surface area contributed by atoms with Gasteiger partial charge >= 0.3 is 0 Å². The van der Waals surface area contributed by atoms with E-state index in [2.05, 4.69) is 25.8 Å². The number of rotatable bonds is 8. The molecule has 0 bridgehead atoms. The van der Waals surface area contributed by atoms with Crippen LogP contribution in [0.1, 0.15) is 29.3 Å². The Bertz CT molecular complexity index is 818. The monoisotopic (exact) mass is 350 g/mol. The van der Waals surface area contributed by atoms with Gasteiger partial charge in [0.05, 0.1) is 6.54 Å². The molecule has 0 fully saturated rings. The highest BCUT2D eigenvalue weighted by atomic mass is 16.1. The average Bonchev–Trinajstić information content (AvgIpc) is 3.07. The molecule has 134 valence electrons. The minimum atomic E-state index is 0.0133. The molecule has 2 heterocycles. The highest BCUT2D eigenvalue weighted by Gasteiger charge is 2.18. The number of amides is 1. The van der Waals surface area contributed by atoms with Crippen molar-refractivity contribution in [2.75, 3.05) is 6.54 Å². The lowest BCUT2D eigenvalue weighted by Gasteiger charge is -2.17. The van der Waals surface area contributed by atoms with Gasteiger partial charge in [-0.15, -0.1) is 5.10 Å². The smallest absolute Gasteiger partial charge is 0.220 e. The van der Waals surface area contributed by atoms with Crippen LogP contribution in [0.15, 0.2) is 54.9 Å². The number of hydrogen-bond donors (Lipinski definition) is 1. The van der Waals surface area contributed by atoms with Crippen molar-refractivity contribution in [3.63, 3.8) is 0 Å². The Morgan fingerprint density at radius 1 is 1.15 bits per heavy atom. The minimum Gasteiger partial charge on any atom is -0.356 e. The third-order valence-electron chi connectivity index (χ3n) is 4.29. The lowest BCUT2D eigenvalue weighted by Crippen LogP contribution is -2.28. The molecular formula is C19H22N6O. The third-order valence-corrected chi connectivity index (χ3v) is 4.29. The van der Waals surface area contributed by atoms with Crippen LogP contribution in [-0.4, -0.2) is 37.6 Å². The van der Waals surface area contributed by atoms with Crippen LogP contribution in [0.3, 0.4) is 0 Å². The zero-order chi connectivity index (χ0) is 18.2. The number of carbonyl (C=O) groups excluding carboxylic acids is 1. The van der Waals surface area contributed by atoms with Crippen molar-refractivity contribution in [2.45, 2.75) is 32.2 Å². The van der Waals surface area contributed by atoms with E-state index in [4.69, 9.17) is 0 Å². The first-order valence-corrected chi connectivity index (χ1v) is 8.65. The highest BCUT2D eigenvalue weighted by molar-refractivity contribution is 5.76. The molecule has 7 nitrogen and oxygen atoms in total. The number of tetrazole rings is 1. The van der Waals surface area contributed by atoms with Gasteiger partial charge in [-0.05, 0) is 47.0 Å². The summed E-state index contributed by atoms with van der Waals surface area (Å²) < 4.78 is 1.74. The molecule has 3 aromatic rings. The summed E-state index contributed by atoms with van der Waals surface area (Å²) in [4.78, 5) is 16.4. The summed E-state index contributed by atoms with van der Waals surface area (Å²) in [5, 5.41) is 14.6. The van der Waals surface area contributed by atoms with Crippen LogP contribution in [0.5, 0.6) is 0 Å². The van der Waals surface area contributed by atoms with Crippen LogP contribution in [0.4, 0.5) is 0 Å². The van der Waals surface area contributed by atoms with Gasteiger partial charge in [-0.1, -0.05) is 30.3 Å². The van der Waals surface area contributed by atoms with Gasteiger partial charge in [0.1, 0.15) is 5.82 Å². The van der Waals surface area contributed by atoms with Crippen molar-refractivity contribution in [3.8, 4) is 0 Å². The number of carbonyl (C=O) groups is 1. The second-order valence-corrected chi connectivity index (χ2v) is 6.18. The predicted octanol–water partition coefficient (Wildman–Crippen LogP) is 1.91. The SMILES string of the molecule is Cc1nnnn1CC(CC(=O)NCCc1ccncc1)c1ccccc1. The van der Waals surface area contributed by atoms with E-state index in [-0.39, 0.29) is 11.8 Å². The molecule has 3 rings (SSSR count). The van der Waals surface area contributed by atoms with Gasteiger partial charge in [-0.25, -0.2) is 4.68 Å². The molecular weight excluding hydrogens is 328 g/mol. The van der Waals surface area contributed by atoms with Gasteiger partial charge in [0.25, 0.3) is 0 Å². The minimum absolute atomic E-state index is 0.0133. The van der Waals surface area contributed by atoms with E-state index in [1.165, 1.54) is 0 Å². The Kier molecular flexibility index (Phi) is 6.03. The van der Waals surface area contributed by atoms with Crippen LogP contribution in [0.2, 0.25) is 0 Å². The zero-order valence-electron chi connectivity index (χ0n) is 14.7. The number of pyridine rings is 1. The van der Waals surface area contributed by atoms with Gasteiger partial charge in [-0.3, -0.25) is 9.78 Å². The number of aromatic nitrogens is 5. The molecule has 0 spiro atoms. The van der Waals surface area contributed by atoms with Crippen molar-refractivity contribution < 1.29 is 4.79 Å². The van der Waals surface area contributed by atoms with E-state index in [0.29, 0.717) is 19.5 Å². The number of benzene rings is 1. The summed E-state index contributed by atoms with van der Waals surface area (Å²) in [5.41, 5.74) is 2.26. The lowest BCUT2D eigenvalue weighted by molar-refractivity contribution is -0.121. The first-order chi connectivity index (χ1) is 12.7. The molecule has 26 heavy (non-hydrogen) atoms. The fourth-order valence-electron chi connectivity index (χ4n) is 2.83. The molecule has 0 radical (unpaired) electrons. The topological polar surface area (TPSA) is 85.6 Å². The van der Waals surface area contributed by atoms with E-state index < -0.39 is 0 Å². The molecule has 0 aliphatic rings. The van der Waals surface area contributed by atoms with Crippen molar-refractivity contribution in [3.05, 3.63) is 71.8 Å². The normalized spacial score (nSPS) is 11.9. The summed E-state index contributed by atoms with van der Waals surface area (Å²) in [6, 6.07) is 13.9. The van der Waals surface area contributed by atoms with E-state index in [1.807, 2.05) is 49.4 Å². The average molecular weight is 350 g/mol. The molecule has 0 aliphatic carbocycles. The fraction of sp³-hybridized carbons (Fsp3) is 0.316. The summed E-state index contributed by atoms with van der Waals surface area (Å²) in [7, 11) is 0. The van der Waals surface area contributed by atoms with Crippen LogP contribution in [-0.2, 0) is 17.8 Å². The molecule has 0 saturated carbocycles. The number of nitrogens with one attached hydrogen (secondary N) is 1. The standard InChI is InChI=1S/C19H22N6O/c1-15-22-23-24-25(15)14-18(17-5-3-2-4-6-17)13-19(26)21-12-9-16-7-10-20-11-8-16/h2-8,10-11,18H,9,12-14H2,1H3,(H,21,26). The predicted molar refractivity (Wildman–Crippen MR) is 97.3 cm³/mol. The van der Waals surface area contributed by atoms with E-state index in [9.17, 15) is 4.79 Å². The second kappa shape index (κ2) is 8.84. The van der Waals surface area contributed by atoms with Crippen molar-refractivity contribution in [1.82, 2.24) is 30.5 Å². The Hall–Kier alpha value is -3.09. The molecule has 1 aromatic carbocycles. The molecule has 1 N–H and O–H groups in total. The summed E-state index contributed by atoms with van der Waals surface area (Å²) in [6.07, 6.45) is 4.70.